The number of nitrogens with zero attached hydrogens (tertiary/aromatic N) is 4. The standard InChI is InChI=1S/C22H22F2N4O3/c1-14-10-16(15(2)27(14)8-9-30-3)11-17(12-25)21(29)31-13-20-26-18-6-4-5-7-19(18)28(20)22(23)24/h4-7,10-11,22H,8-9,13H2,1-3H3/b17-11+. The first kappa shape index (κ1) is 22.2. The summed E-state index contributed by atoms with van der Waals surface area (Å²) in [4.78, 5) is 16.6. The SMILES string of the molecule is COCCn1c(C)cc(/C=C(\C#N)C(=O)OCc2nc3ccccc3n2C(F)F)c1C. The number of methoxy groups -OCH3 is 1. The first-order valence-electron chi connectivity index (χ1n) is 9.56. The average Bonchev–Trinajstić information content (AvgIpc) is 3.25. The molecule has 0 N–H and O–H groups in total. The van der Waals surface area contributed by atoms with Crippen molar-refractivity contribution in [2.45, 2.75) is 33.5 Å². The molecule has 0 unspecified atom stereocenters. The summed E-state index contributed by atoms with van der Waals surface area (Å²) in [6, 6.07) is 10.1. The molecular formula is C22H22F2N4O3. The Morgan fingerprint density at radius 3 is 2.74 bits per heavy atom. The van der Waals surface area contributed by atoms with Gasteiger partial charge in [0, 0.05) is 25.0 Å². The smallest absolute Gasteiger partial charge is 0.349 e. The predicted octanol–water partition coefficient (Wildman–Crippen LogP) is 4.15. The van der Waals surface area contributed by atoms with Crippen LogP contribution in [0.15, 0.2) is 35.9 Å². The van der Waals surface area contributed by atoms with Gasteiger partial charge in [0.05, 0.1) is 17.6 Å². The molecule has 3 rings (SSSR count). The lowest BCUT2D eigenvalue weighted by Gasteiger charge is -2.09. The van der Waals surface area contributed by atoms with Gasteiger partial charge in [0.2, 0.25) is 0 Å². The lowest BCUT2D eigenvalue weighted by molar-refractivity contribution is -0.140. The van der Waals surface area contributed by atoms with Crippen LogP contribution in [-0.4, -0.2) is 33.8 Å². The molecule has 0 aliphatic heterocycles. The first-order chi connectivity index (χ1) is 14.9. The number of rotatable bonds is 8. The van der Waals surface area contributed by atoms with Crippen LogP contribution in [0.4, 0.5) is 8.78 Å². The Labute approximate surface area is 178 Å². The van der Waals surface area contributed by atoms with E-state index in [1.165, 1.54) is 12.1 Å². The van der Waals surface area contributed by atoms with Crippen LogP contribution < -0.4 is 0 Å². The highest BCUT2D eigenvalue weighted by Crippen LogP contribution is 2.24. The molecule has 3 aromatic rings. The molecule has 162 valence electrons. The number of alkyl halides is 2. The van der Waals surface area contributed by atoms with Gasteiger partial charge < -0.3 is 14.0 Å². The summed E-state index contributed by atoms with van der Waals surface area (Å²) in [5, 5.41) is 9.43. The summed E-state index contributed by atoms with van der Waals surface area (Å²) in [6.45, 7) is 1.63. The monoisotopic (exact) mass is 428 g/mol. The maximum Gasteiger partial charge on any atom is 0.349 e. The number of esters is 1. The molecule has 0 aliphatic rings. The number of halogens is 2. The zero-order valence-corrected chi connectivity index (χ0v) is 17.4. The van der Waals surface area contributed by atoms with Crippen LogP contribution in [0.25, 0.3) is 17.1 Å². The van der Waals surface area contributed by atoms with Crippen LogP contribution in [0.2, 0.25) is 0 Å². The highest BCUT2D eigenvalue weighted by molar-refractivity contribution is 5.98. The van der Waals surface area contributed by atoms with Crippen molar-refractivity contribution in [2.75, 3.05) is 13.7 Å². The molecule has 0 bridgehead atoms. The first-order valence-corrected chi connectivity index (χ1v) is 9.56. The number of ether oxygens (including phenoxy) is 2. The van der Waals surface area contributed by atoms with Gasteiger partial charge in [-0.3, -0.25) is 4.57 Å². The van der Waals surface area contributed by atoms with E-state index in [0.29, 0.717) is 28.8 Å². The van der Waals surface area contributed by atoms with Crippen molar-refractivity contribution in [3.63, 3.8) is 0 Å². The zero-order chi connectivity index (χ0) is 22.5. The maximum atomic E-state index is 13.5. The lowest BCUT2D eigenvalue weighted by atomic mass is 10.1. The Bertz CT molecular complexity index is 1170. The third-order valence-electron chi connectivity index (χ3n) is 4.97. The summed E-state index contributed by atoms with van der Waals surface area (Å²) >= 11 is 0. The van der Waals surface area contributed by atoms with Crippen LogP contribution in [0, 0.1) is 25.2 Å². The second-order valence-electron chi connectivity index (χ2n) is 6.88. The summed E-state index contributed by atoms with van der Waals surface area (Å²) < 4.78 is 40.0. The number of fused-ring (bicyclic) bond motifs is 1. The van der Waals surface area contributed by atoms with Crippen LogP contribution in [0.1, 0.15) is 29.3 Å². The topological polar surface area (TPSA) is 82.1 Å². The fraction of sp³-hybridized carbons (Fsp3) is 0.318. The minimum atomic E-state index is -2.84. The second-order valence-corrected chi connectivity index (χ2v) is 6.88. The van der Waals surface area contributed by atoms with Crippen LogP contribution in [-0.2, 0) is 27.4 Å². The van der Waals surface area contributed by atoms with E-state index in [9.17, 15) is 18.8 Å². The van der Waals surface area contributed by atoms with Gasteiger partial charge in [-0.15, -0.1) is 0 Å². The number of aryl methyl sites for hydroxylation is 1. The van der Waals surface area contributed by atoms with Gasteiger partial charge in [0.25, 0.3) is 0 Å². The van der Waals surface area contributed by atoms with E-state index >= 15 is 0 Å². The molecule has 2 aromatic heterocycles. The highest BCUT2D eigenvalue weighted by atomic mass is 19.3. The van der Waals surface area contributed by atoms with Crippen molar-refractivity contribution in [2.24, 2.45) is 0 Å². The second kappa shape index (κ2) is 9.53. The molecule has 1 aromatic carbocycles. The zero-order valence-electron chi connectivity index (χ0n) is 17.4. The van der Waals surface area contributed by atoms with E-state index in [-0.39, 0.29) is 16.9 Å². The molecule has 0 amide bonds. The molecule has 0 atom stereocenters. The fourth-order valence-electron chi connectivity index (χ4n) is 3.41. The van der Waals surface area contributed by atoms with E-state index in [4.69, 9.17) is 9.47 Å². The third kappa shape index (κ3) is 4.64. The van der Waals surface area contributed by atoms with Gasteiger partial charge in [-0.25, -0.2) is 9.78 Å². The Morgan fingerprint density at radius 1 is 1.32 bits per heavy atom. The Balaban J connectivity index is 1.81. The molecule has 0 saturated heterocycles. The van der Waals surface area contributed by atoms with Crippen molar-refractivity contribution in [1.29, 1.82) is 5.26 Å². The molecule has 2 heterocycles. The van der Waals surface area contributed by atoms with Crippen LogP contribution >= 0.6 is 0 Å². The number of nitriles is 1. The molecule has 0 aliphatic carbocycles. The Morgan fingerprint density at radius 2 is 2.06 bits per heavy atom. The Kier molecular flexibility index (Phi) is 6.82. The normalized spacial score (nSPS) is 11.8. The van der Waals surface area contributed by atoms with E-state index in [1.807, 2.05) is 30.6 Å². The van der Waals surface area contributed by atoms with E-state index < -0.39 is 19.1 Å². The number of carbonyl (C=O) groups excluding carboxylic acids is 1. The summed E-state index contributed by atoms with van der Waals surface area (Å²) in [5.41, 5.74) is 2.90. The van der Waals surface area contributed by atoms with Gasteiger partial charge in [-0.1, -0.05) is 12.1 Å². The van der Waals surface area contributed by atoms with Gasteiger partial charge in [-0.05, 0) is 43.7 Å². The van der Waals surface area contributed by atoms with E-state index in [2.05, 4.69) is 4.98 Å². The summed E-state index contributed by atoms with van der Waals surface area (Å²) in [7, 11) is 1.61. The molecule has 0 radical (unpaired) electrons. The van der Waals surface area contributed by atoms with Gasteiger partial charge in [0.1, 0.15) is 18.2 Å². The maximum absolute atomic E-state index is 13.5. The average molecular weight is 428 g/mol. The summed E-state index contributed by atoms with van der Waals surface area (Å²) in [5.74, 6) is -1.00. The minimum Gasteiger partial charge on any atom is -0.453 e. The molecule has 31 heavy (non-hydrogen) atoms. The number of aromatic nitrogens is 3. The summed E-state index contributed by atoms with van der Waals surface area (Å²) in [6.07, 6.45) is 1.43. The molecule has 0 spiro atoms. The molecule has 0 saturated carbocycles. The highest BCUT2D eigenvalue weighted by Gasteiger charge is 2.20. The van der Waals surface area contributed by atoms with Crippen molar-refractivity contribution in [3.05, 3.63) is 58.7 Å². The number of hydrogen-bond donors (Lipinski definition) is 0. The van der Waals surface area contributed by atoms with Crippen molar-refractivity contribution >= 4 is 23.1 Å². The number of para-hydroxylation sites is 2. The quantitative estimate of drug-likeness (QED) is 0.306. The van der Waals surface area contributed by atoms with Gasteiger partial charge in [0.15, 0.2) is 5.82 Å². The van der Waals surface area contributed by atoms with E-state index in [1.54, 1.807) is 25.3 Å². The molecule has 0 fully saturated rings. The minimum absolute atomic E-state index is 0.0976. The van der Waals surface area contributed by atoms with Crippen LogP contribution in [0.3, 0.4) is 0 Å². The van der Waals surface area contributed by atoms with E-state index in [0.717, 1.165) is 11.4 Å². The molecule has 7 nitrogen and oxygen atoms in total. The van der Waals surface area contributed by atoms with Gasteiger partial charge >= 0.3 is 12.5 Å². The predicted molar refractivity (Wildman–Crippen MR) is 110 cm³/mol. The van der Waals surface area contributed by atoms with Crippen LogP contribution in [0.5, 0.6) is 0 Å². The number of hydrogen-bond acceptors (Lipinski definition) is 5. The van der Waals surface area contributed by atoms with Gasteiger partial charge in [-0.2, -0.15) is 14.0 Å². The largest absolute Gasteiger partial charge is 0.453 e. The van der Waals surface area contributed by atoms with Crippen molar-refractivity contribution in [3.8, 4) is 6.07 Å². The molecular weight excluding hydrogens is 406 g/mol. The number of benzene rings is 1. The van der Waals surface area contributed by atoms with Crippen molar-refractivity contribution < 1.29 is 23.0 Å². The lowest BCUT2D eigenvalue weighted by Crippen LogP contribution is -2.11. The Hall–Kier alpha value is -3.51. The molecule has 9 heteroatoms. The van der Waals surface area contributed by atoms with Crippen molar-refractivity contribution in [1.82, 2.24) is 14.1 Å². The third-order valence-corrected chi connectivity index (χ3v) is 4.97. The fourth-order valence-corrected chi connectivity index (χ4v) is 3.41. The number of imidazole rings is 1. The number of carbonyl (C=O) groups is 1.